The van der Waals surface area contributed by atoms with Gasteiger partial charge >= 0.3 is 0 Å². The summed E-state index contributed by atoms with van der Waals surface area (Å²) in [4.78, 5) is 16.2. The van der Waals surface area contributed by atoms with E-state index in [9.17, 15) is 4.79 Å². The van der Waals surface area contributed by atoms with Gasteiger partial charge in [-0.2, -0.15) is 11.8 Å². The molecule has 1 amide bonds. The van der Waals surface area contributed by atoms with Gasteiger partial charge in [-0.3, -0.25) is 4.79 Å². The fourth-order valence-electron chi connectivity index (χ4n) is 2.23. The molecule has 4 nitrogen and oxygen atoms in total. The van der Waals surface area contributed by atoms with Crippen molar-refractivity contribution in [2.24, 2.45) is 5.73 Å². The van der Waals surface area contributed by atoms with Crippen molar-refractivity contribution in [1.82, 2.24) is 10.3 Å². The Hall–Kier alpha value is -0.590. The molecule has 1 saturated carbocycles. The third-order valence-corrected chi connectivity index (χ3v) is 5.19. The van der Waals surface area contributed by atoms with Gasteiger partial charge in [0.15, 0.2) is 0 Å². The Morgan fingerprint density at radius 2 is 2.50 bits per heavy atom. The standard InChI is InChI=1S/C12H19N3OS2/c1-2-17-9-4-3-8(5-9)14-12(16)10-7-18-11(6-13)15-10/h7-9H,2-6,13H2,1H3,(H,14,16). The van der Waals surface area contributed by atoms with Crippen LogP contribution in [-0.4, -0.2) is 27.9 Å². The normalized spacial score (nSPS) is 23.2. The summed E-state index contributed by atoms with van der Waals surface area (Å²) < 4.78 is 0. The minimum atomic E-state index is -0.0573. The number of thioether (sulfide) groups is 1. The molecule has 1 aromatic heterocycles. The van der Waals surface area contributed by atoms with Gasteiger partial charge in [0.2, 0.25) is 0 Å². The quantitative estimate of drug-likeness (QED) is 0.868. The number of nitrogens with one attached hydrogen (secondary N) is 1. The van der Waals surface area contributed by atoms with Crippen molar-refractivity contribution >= 4 is 29.0 Å². The van der Waals surface area contributed by atoms with Gasteiger partial charge in [-0.05, 0) is 25.0 Å². The minimum Gasteiger partial charge on any atom is -0.348 e. The van der Waals surface area contributed by atoms with Crippen molar-refractivity contribution in [2.75, 3.05) is 5.75 Å². The molecule has 1 aliphatic carbocycles. The zero-order valence-corrected chi connectivity index (χ0v) is 12.1. The molecule has 1 heterocycles. The van der Waals surface area contributed by atoms with Crippen molar-refractivity contribution < 1.29 is 4.79 Å². The molecule has 6 heteroatoms. The van der Waals surface area contributed by atoms with Crippen molar-refractivity contribution in [3.8, 4) is 0 Å². The molecule has 3 N–H and O–H groups in total. The first kappa shape index (κ1) is 13.8. The lowest BCUT2D eigenvalue weighted by atomic mass is 10.2. The first-order chi connectivity index (χ1) is 8.72. The lowest BCUT2D eigenvalue weighted by molar-refractivity contribution is 0.0933. The van der Waals surface area contributed by atoms with Crippen LogP contribution in [0.2, 0.25) is 0 Å². The average molecular weight is 285 g/mol. The van der Waals surface area contributed by atoms with Gasteiger partial charge in [0.05, 0.1) is 0 Å². The fraction of sp³-hybridized carbons (Fsp3) is 0.667. The minimum absolute atomic E-state index is 0.0573. The fourth-order valence-corrected chi connectivity index (χ4v) is 4.02. The van der Waals surface area contributed by atoms with Crippen molar-refractivity contribution in [2.45, 2.75) is 44.0 Å². The van der Waals surface area contributed by atoms with Crippen LogP contribution in [0.5, 0.6) is 0 Å². The third kappa shape index (κ3) is 3.46. The van der Waals surface area contributed by atoms with E-state index < -0.39 is 0 Å². The third-order valence-electron chi connectivity index (χ3n) is 3.08. The summed E-state index contributed by atoms with van der Waals surface area (Å²) in [5.41, 5.74) is 6.00. The molecule has 0 bridgehead atoms. The highest BCUT2D eigenvalue weighted by Crippen LogP contribution is 2.29. The number of hydrogen-bond acceptors (Lipinski definition) is 5. The second-order valence-electron chi connectivity index (χ2n) is 4.39. The number of aromatic nitrogens is 1. The maximum absolute atomic E-state index is 12.0. The molecule has 2 rings (SSSR count). The summed E-state index contributed by atoms with van der Waals surface area (Å²) in [6.07, 6.45) is 3.37. The van der Waals surface area contributed by atoms with E-state index in [-0.39, 0.29) is 5.91 Å². The first-order valence-corrected chi connectivity index (χ1v) is 8.22. The Morgan fingerprint density at radius 3 is 3.17 bits per heavy atom. The lowest BCUT2D eigenvalue weighted by Gasteiger charge is -2.11. The zero-order chi connectivity index (χ0) is 13.0. The number of thiazole rings is 1. The topological polar surface area (TPSA) is 68.0 Å². The van der Waals surface area contributed by atoms with Crippen LogP contribution < -0.4 is 11.1 Å². The van der Waals surface area contributed by atoms with Crippen LogP contribution in [0, 0.1) is 0 Å². The Balaban J connectivity index is 1.84. The molecule has 0 saturated heterocycles. The number of rotatable bonds is 5. The predicted molar refractivity (Wildman–Crippen MR) is 77.0 cm³/mol. The molecule has 18 heavy (non-hydrogen) atoms. The molecular weight excluding hydrogens is 266 g/mol. The van der Waals surface area contributed by atoms with E-state index in [1.807, 2.05) is 11.8 Å². The van der Waals surface area contributed by atoms with E-state index >= 15 is 0 Å². The summed E-state index contributed by atoms with van der Waals surface area (Å²) in [5.74, 6) is 1.09. The maximum atomic E-state index is 12.0. The van der Waals surface area contributed by atoms with Crippen LogP contribution in [0.1, 0.15) is 41.7 Å². The highest BCUT2D eigenvalue weighted by atomic mass is 32.2. The van der Waals surface area contributed by atoms with Crippen molar-refractivity contribution in [3.05, 3.63) is 16.1 Å². The summed E-state index contributed by atoms with van der Waals surface area (Å²) in [7, 11) is 0. The highest BCUT2D eigenvalue weighted by molar-refractivity contribution is 7.99. The Bertz CT molecular complexity index is 408. The molecule has 1 fully saturated rings. The van der Waals surface area contributed by atoms with Crippen molar-refractivity contribution in [3.63, 3.8) is 0 Å². The number of carbonyl (C=O) groups is 1. The summed E-state index contributed by atoms with van der Waals surface area (Å²) in [5, 5.41) is 6.37. The summed E-state index contributed by atoms with van der Waals surface area (Å²) >= 11 is 3.44. The van der Waals surface area contributed by atoms with Crippen LogP contribution in [0.3, 0.4) is 0 Å². The molecule has 100 valence electrons. The van der Waals surface area contributed by atoms with Crippen LogP contribution in [0.15, 0.2) is 5.38 Å². The molecular formula is C12H19N3OS2. The Morgan fingerprint density at radius 1 is 1.67 bits per heavy atom. The summed E-state index contributed by atoms with van der Waals surface area (Å²) in [6.45, 7) is 2.58. The monoisotopic (exact) mass is 285 g/mol. The number of nitrogens with two attached hydrogens (primary N) is 1. The van der Waals surface area contributed by atoms with Crippen LogP contribution in [0.25, 0.3) is 0 Å². The molecule has 0 radical (unpaired) electrons. The van der Waals surface area contributed by atoms with Gasteiger partial charge in [0.1, 0.15) is 10.7 Å². The maximum Gasteiger partial charge on any atom is 0.270 e. The van der Waals surface area contributed by atoms with E-state index in [1.54, 1.807) is 5.38 Å². The van der Waals surface area contributed by atoms with E-state index in [2.05, 4.69) is 17.2 Å². The van der Waals surface area contributed by atoms with Gasteiger partial charge in [-0.25, -0.2) is 4.98 Å². The van der Waals surface area contributed by atoms with E-state index in [1.165, 1.54) is 17.8 Å². The van der Waals surface area contributed by atoms with Gasteiger partial charge in [0.25, 0.3) is 5.91 Å². The SMILES string of the molecule is CCSC1CCC(NC(=O)c2csc(CN)n2)C1. The highest BCUT2D eigenvalue weighted by Gasteiger charge is 2.26. The average Bonchev–Trinajstić information content (AvgIpc) is 2.98. The van der Waals surface area contributed by atoms with Gasteiger partial charge < -0.3 is 11.1 Å². The predicted octanol–water partition coefficient (Wildman–Crippen LogP) is 2.01. The smallest absolute Gasteiger partial charge is 0.270 e. The molecule has 2 unspecified atom stereocenters. The molecule has 1 aromatic rings. The van der Waals surface area contributed by atoms with E-state index in [0.717, 1.165) is 23.6 Å². The number of amides is 1. The zero-order valence-electron chi connectivity index (χ0n) is 10.5. The molecule has 0 spiro atoms. The molecule has 1 aliphatic rings. The van der Waals surface area contributed by atoms with Crippen LogP contribution in [-0.2, 0) is 6.54 Å². The Labute approximate surface area is 116 Å². The van der Waals surface area contributed by atoms with Gasteiger partial charge in [-0.1, -0.05) is 6.92 Å². The first-order valence-electron chi connectivity index (χ1n) is 6.29. The molecule has 0 aliphatic heterocycles. The van der Waals surface area contributed by atoms with Gasteiger partial charge in [0, 0.05) is 23.2 Å². The van der Waals surface area contributed by atoms with E-state index in [4.69, 9.17) is 5.73 Å². The van der Waals surface area contributed by atoms with Crippen molar-refractivity contribution in [1.29, 1.82) is 0 Å². The lowest BCUT2D eigenvalue weighted by Crippen LogP contribution is -2.33. The van der Waals surface area contributed by atoms with Crippen LogP contribution >= 0.6 is 23.1 Å². The number of nitrogens with zero attached hydrogens (tertiary/aromatic N) is 1. The largest absolute Gasteiger partial charge is 0.348 e. The summed E-state index contributed by atoms with van der Waals surface area (Å²) in [6, 6.07) is 0.310. The molecule has 0 aromatic carbocycles. The van der Waals surface area contributed by atoms with Crippen LogP contribution in [0.4, 0.5) is 0 Å². The second kappa shape index (κ2) is 6.54. The number of hydrogen-bond donors (Lipinski definition) is 2. The van der Waals surface area contributed by atoms with E-state index in [0.29, 0.717) is 23.5 Å². The number of carbonyl (C=O) groups excluding carboxylic acids is 1. The second-order valence-corrected chi connectivity index (χ2v) is 6.91. The molecule has 2 atom stereocenters. The Kier molecular flexibility index (Phi) is 5.03. The van der Waals surface area contributed by atoms with Gasteiger partial charge in [-0.15, -0.1) is 11.3 Å².